The van der Waals surface area contributed by atoms with Crippen LogP contribution in [0.3, 0.4) is 0 Å². The Morgan fingerprint density at radius 2 is 2.23 bits per heavy atom. The summed E-state index contributed by atoms with van der Waals surface area (Å²) in [7, 11) is 0. The molecule has 1 heterocycles. The molecular weight excluding hydrogens is 164 g/mol. The summed E-state index contributed by atoms with van der Waals surface area (Å²) in [5.41, 5.74) is 1.25. The monoisotopic (exact) mass is 178 g/mol. The Bertz CT molecular complexity index is 283. The van der Waals surface area contributed by atoms with Crippen molar-refractivity contribution >= 4 is 0 Å². The summed E-state index contributed by atoms with van der Waals surface area (Å²) in [4.78, 5) is 0. The van der Waals surface area contributed by atoms with E-state index in [0.29, 0.717) is 5.92 Å². The molecule has 0 aliphatic carbocycles. The fraction of sp³-hybridized carbons (Fsp3) is 0.455. The second kappa shape index (κ2) is 3.79. The van der Waals surface area contributed by atoms with Gasteiger partial charge in [0.15, 0.2) is 0 Å². The molecule has 0 spiro atoms. The smallest absolute Gasteiger partial charge is 0.122 e. The Balaban J connectivity index is 2.26. The lowest BCUT2D eigenvalue weighted by molar-refractivity contribution is 0.230. The third-order valence-corrected chi connectivity index (χ3v) is 2.56. The number of para-hydroxylation sites is 1. The molecule has 0 radical (unpaired) electrons. The van der Waals surface area contributed by atoms with Gasteiger partial charge in [0, 0.05) is 6.61 Å². The summed E-state index contributed by atoms with van der Waals surface area (Å²) in [5, 5.41) is 8.90. The molecule has 2 nitrogen and oxygen atoms in total. The van der Waals surface area contributed by atoms with Gasteiger partial charge in [-0.1, -0.05) is 18.2 Å². The summed E-state index contributed by atoms with van der Waals surface area (Å²) in [5.74, 6) is 1.47. The molecule has 0 aromatic heterocycles. The first-order chi connectivity index (χ1) is 6.42. The molecule has 1 aromatic carbocycles. The van der Waals surface area contributed by atoms with Crippen molar-refractivity contribution in [3.8, 4) is 5.75 Å². The molecule has 0 saturated carbocycles. The van der Waals surface area contributed by atoms with Gasteiger partial charge in [-0.25, -0.2) is 0 Å². The van der Waals surface area contributed by atoms with Crippen molar-refractivity contribution in [3.63, 3.8) is 0 Å². The van der Waals surface area contributed by atoms with E-state index in [0.717, 1.165) is 25.2 Å². The number of benzene rings is 1. The van der Waals surface area contributed by atoms with Gasteiger partial charge in [0.05, 0.1) is 6.61 Å². The Morgan fingerprint density at radius 3 is 3.08 bits per heavy atom. The predicted molar refractivity (Wildman–Crippen MR) is 51.0 cm³/mol. The van der Waals surface area contributed by atoms with Crippen LogP contribution in [0, 0.1) is 0 Å². The van der Waals surface area contributed by atoms with Crippen LogP contribution in [0.5, 0.6) is 5.75 Å². The van der Waals surface area contributed by atoms with Crippen molar-refractivity contribution in [1.29, 1.82) is 0 Å². The van der Waals surface area contributed by atoms with Crippen LogP contribution in [0.25, 0.3) is 0 Å². The topological polar surface area (TPSA) is 29.5 Å². The Morgan fingerprint density at radius 1 is 1.38 bits per heavy atom. The van der Waals surface area contributed by atoms with Crippen LogP contribution >= 0.6 is 0 Å². The van der Waals surface area contributed by atoms with Crippen molar-refractivity contribution in [1.82, 2.24) is 0 Å². The predicted octanol–water partition coefficient (Wildman–Crippen LogP) is 1.94. The zero-order chi connectivity index (χ0) is 9.10. The lowest BCUT2D eigenvalue weighted by Crippen LogP contribution is -2.14. The van der Waals surface area contributed by atoms with E-state index in [1.54, 1.807) is 0 Å². The molecule has 0 fully saturated rings. The second-order valence-corrected chi connectivity index (χ2v) is 3.38. The molecule has 0 amide bonds. The minimum atomic E-state index is 0.263. The molecule has 0 bridgehead atoms. The van der Waals surface area contributed by atoms with Crippen molar-refractivity contribution in [2.45, 2.75) is 18.8 Å². The average molecular weight is 178 g/mol. The normalized spacial score (nSPS) is 20.5. The summed E-state index contributed by atoms with van der Waals surface area (Å²) < 4.78 is 5.52. The lowest BCUT2D eigenvalue weighted by atomic mass is 9.91. The van der Waals surface area contributed by atoms with Crippen LogP contribution < -0.4 is 4.74 Å². The molecule has 1 aliphatic heterocycles. The van der Waals surface area contributed by atoms with E-state index in [1.807, 2.05) is 18.2 Å². The first-order valence-electron chi connectivity index (χ1n) is 4.74. The molecule has 1 aliphatic rings. The van der Waals surface area contributed by atoms with Gasteiger partial charge in [0.2, 0.25) is 0 Å². The number of aliphatic hydroxyl groups excluding tert-OH is 1. The molecule has 0 saturated heterocycles. The van der Waals surface area contributed by atoms with E-state index in [2.05, 4.69) is 6.07 Å². The van der Waals surface area contributed by atoms with Crippen LogP contribution in [-0.4, -0.2) is 18.3 Å². The van der Waals surface area contributed by atoms with Gasteiger partial charge in [-0.3, -0.25) is 0 Å². The van der Waals surface area contributed by atoms with Gasteiger partial charge in [-0.15, -0.1) is 0 Å². The Kier molecular flexibility index (Phi) is 2.50. The summed E-state index contributed by atoms with van der Waals surface area (Å²) in [6.45, 7) is 1.04. The van der Waals surface area contributed by atoms with Crippen molar-refractivity contribution in [3.05, 3.63) is 29.8 Å². The molecule has 0 unspecified atom stereocenters. The van der Waals surface area contributed by atoms with Crippen LogP contribution in [0.1, 0.15) is 24.3 Å². The van der Waals surface area contributed by atoms with E-state index in [9.17, 15) is 0 Å². The number of ether oxygens (including phenoxy) is 1. The quantitative estimate of drug-likeness (QED) is 0.749. The molecular formula is C11H14O2. The third-order valence-electron chi connectivity index (χ3n) is 2.56. The first kappa shape index (κ1) is 8.57. The summed E-state index contributed by atoms with van der Waals surface area (Å²) in [6.07, 6.45) is 1.87. The Labute approximate surface area is 78.2 Å². The van der Waals surface area contributed by atoms with Gasteiger partial charge < -0.3 is 9.84 Å². The average Bonchev–Trinajstić information content (AvgIpc) is 2.19. The largest absolute Gasteiger partial charge is 0.493 e. The highest BCUT2D eigenvalue weighted by atomic mass is 16.5. The number of aliphatic hydroxyl groups is 1. The molecule has 13 heavy (non-hydrogen) atoms. The molecule has 2 heteroatoms. The van der Waals surface area contributed by atoms with Crippen molar-refractivity contribution in [2.24, 2.45) is 0 Å². The maximum atomic E-state index is 8.90. The second-order valence-electron chi connectivity index (χ2n) is 3.38. The van der Waals surface area contributed by atoms with Crippen LogP contribution in [0.15, 0.2) is 24.3 Å². The van der Waals surface area contributed by atoms with E-state index in [1.165, 1.54) is 5.56 Å². The van der Waals surface area contributed by atoms with Gasteiger partial charge in [0.1, 0.15) is 5.75 Å². The van der Waals surface area contributed by atoms with Crippen LogP contribution in [0.2, 0.25) is 0 Å². The SMILES string of the molecule is OCC[C@@H]1CCOc2ccccc21. The van der Waals surface area contributed by atoms with Gasteiger partial charge in [-0.2, -0.15) is 0 Å². The molecule has 2 rings (SSSR count). The molecule has 1 aromatic rings. The highest BCUT2D eigenvalue weighted by Crippen LogP contribution is 2.34. The number of hydrogen-bond acceptors (Lipinski definition) is 2. The first-order valence-corrected chi connectivity index (χ1v) is 4.74. The van der Waals surface area contributed by atoms with E-state index in [4.69, 9.17) is 9.84 Å². The number of rotatable bonds is 2. The van der Waals surface area contributed by atoms with Crippen LogP contribution in [-0.2, 0) is 0 Å². The van der Waals surface area contributed by atoms with Crippen molar-refractivity contribution in [2.75, 3.05) is 13.2 Å². The number of fused-ring (bicyclic) bond motifs is 1. The number of hydrogen-bond donors (Lipinski definition) is 1. The van der Waals surface area contributed by atoms with Gasteiger partial charge >= 0.3 is 0 Å². The fourth-order valence-corrected chi connectivity index (χ4v) is 1.87. The van der Waals surface area contributed by atoms with Crippen LogP contribution in [0.4, 0.5) is 0 Å². The summed E-state index contributed by atoms with van der Waals surface area (Å²) >= 11 is 0. The molecule has 1 atom stereocenters. The highest BCUT2D eigenvalue weighted by molar-refractivity contribution is 5.37. The van der Waals surface area contributed by atoms with E-state index < -0.39 is 0 Å². The zero-order valence-electron chi connectivity index (χ0n) is 7.57. The van der Waals surface area contributed by atoms with Gasteiger partial charge in [0.25, 0.3) is 0 Å². The Hall–Kier alpha value is -1.02. The van der Waals surface area contributed by atoms with Gasteiger partial charge in [-0.05, 0) is 30.4 Å². The fourth-order valence-electron chi connectivity index (χ4n) is 1.87. The third kappa shape index (κ3) is 1.68. The highest BCUT2D eigenvalue weighted by Gasteiger charge is 2.19. The molecule has 70 valence electrons. The van der Waals surface area contributed by atoms with E-state index >= 15 is 0 Å². The summed E-state index contributed by atoms with van der Waals surface area (Å²) in [6, 6.07) is 8.10. The minimum Gasteiger partial charge on any atom is -0.493 e. The standard InChI is InChI=1S/C11H14O2/c12-7-5-9-6-8-13-11-4-2-1-3-10(9)11/h1-4,9,12H,5-8H2/t9-/m1/s1. The zero-order valence-corrected chi connectivity index (χ0v) is 7.57. The minimum absolute atomic E-state index is 0.263. The van der Waals surface area contributed by atoms with Crippen molar-refractivity contribution < 1.29 is 9.84 Å². The van der Waals surface area contributed by atoms with E-state index in [-0.39, 0.29) is 6.61 Å². The molecule has 1 N–H and O–H groups in total. The lowest BCUT2D eigenvalue weighted by Gasteiger charge is -2.25. The maximum Gasteiger partial charge on any atom is 0.122 e. The maximum absolute atomic E-state index is 8.90.